The van der Waals surface area contributed by atoms with Crippen molar-refractivity contribution in [3.8, 4) is 11.5 Å². The molecule has 0 saturated heterocycles. The monoisotopic (exact) mass is 469 g/mol. The fraction of sp³-hybridized carbons (Fsp3) is 0.346. The van der Waals surface area contributed by atoms with Crippen LogP contribution in [0, 0.1) is 0 Å². The van der Waals surface area contributed by atoms with E-state index in [1.807, 2.05) is 32.0 Å². The molecule has 1 aromatic heterocycles. The summed E-state index contributed by atoms with van der Waals surface area (Å²) in [6.07, 6.45) is 6.32. The van der Waals surface area contributed by atoms with Crippen LogP contribution in [0.15, 0.2) is 57.4 Å². The van der Waals surface area contributed by atoms with Gasteiger partial charge in [-0.15, -0.1) is 0 Å². The smallest absolute Gasteiger partial charge is 0.410 e. The van der Waals surface area contributed by atoms with Gasteiger partial charge in [-0.2, -0.15) is 0 Å². The third-order valence-electron chi connectivity index (χ3n) is 5.01. The summed E-state index contributed by atoms with van der Waals surface area (Å²) < 4.78 is 15.4. The molecule has 1 unspecified atom stereocenters. The molecule has 34 heavy (non-hydrogen) atoms. The van der Waals surface area contributed by atoms with Gasteiger partial charge in [-0.05, 0) is 55.5 Å². The van der Waals surface area contributed by atoms with Gasteiger partial charge in [-0.25, -0.2) is 9.59 Å². The van der Waals surface area contributed by atoms with Crippen molar-refractivity contribution in [2.24, 2.45) is 0 Å². The zero-order valence-electron chi connectivity index (χ0n) is 19.9. The molecular formula is C26H31NO7. The van der Waals surface area contributed by atoms with Crippen LogP contribution in [0.3, 0.4) is 0 Å². The Labute approximate surface area is 198 Å². The van der Waals surface area contributed by atoms with Gasteiger partial charge in [0, 0.05) is 18.2 Å². The molecule has 8 nitrogen and oxygen atoms in total. The van der Waals surface area contributed by atoms with E-state index in [1.54, 1.807) is 25.1 Å². The van der Waals surface area contributed by atoms with Gasteiger partial charge in [0.05, 0.1) is 13.7 Å². The third-order valence-corrected chi connectivity index (χ3v) is 5.01. The van der Waals surface area contributed by atoms with Crippen molar-refractivity contribution >= 4 is 18.0 Å². The summed E-state index contributed by atoms with van der Waals surface area (Å²) in [5.74, 6) is -0.266. The molecule has 8 heteroatoms. The van der Waals surface area contributed by atoms with Gasteiger partial charge in [0.25, 0.3) is 0 Å². The summed E-state index contributed by atoms with van der Waals surface area (Å²) in [5, 5.41) is 12.9. The molecule has 0 aliphatic carbocycles. The highest BCUT2D eigenvalue weighted by molar-refractivity contribution is 6.12. The molecule has 0 radical (unpaired) electrons. The van der Waals surface area contributed by atoms with Crippen molar-refractivity contribution in [3.05, 3.63) is 75.5 Å². The van der Waals surface area contributed by atoms with Crippen LogP contribution in [0.25, 0.3) is 6.08 Å². The predicted octanol–water partition coefficient (Wildman–Crippen LogP) is 5.17. The van der Waals surface area contributed by atoms with E-state index in [0.29, 0.717) is 25.2 Å². The minimum Gasteiger partial charge on any atom is -0.507 e. The fourth-order valence-corrected chi connectivity index (χ4v) is 3.14. The number of aromatic hydroxyl groups is 1. The molecule has 2 aromatic rings. The number of ether oxygens (including phenoxy) is 2. The maximum atomic E-state index is 12.9. The molecule has 0 fully saturated rings. The molecule has 0 aliphatic rings. The van der Waals surface area contributed by atoms with Crippen molar-refractivity contribution in [1.29, 1.82) is 0 Å². The number of rotatable bonds is 11. The summed E-state index contributed by atoms with van der Waals surface area (Å²) in [7, 11) is 1.27. The predicted molar refractivity (Wildman–Crippen MR) is 129 cm³/mol. The Morgan fingerprint density at radius 1 is 1.26 bits per heavy atom. The van der Waals surface area contributed by atoms with Crippen LogP contribution in [-0.2, 0) is 4.74 Å². The van der Waals surface area contributed by atoms with Gasteiger partial charge in [-0.3, -0.25) is 10.1 Å². The number of carbonyl (C=O) groups is 2. The minimum absolute atomic E-state index is 0.201. The lowest BCUT2D eigenvalue weighted by molar-refractivity contribution is 0.102. The van der Waals surface area contributed by atoms with Crippen molar-refractivity contribution in [3.63, 3.8) is 0 Å². The number of hydrogen-bond donors (Lipinski definition) is 2. The molecule has 0 aliphatic heterocycles. The van der Waals surface area contributed by atoms with Gasteiger partial charge in [0.1, 0.15) is 22.8 Å². The van der Waals surface area contributed by atoms with Crippen LogP contribution in [0.5, 0.6) is 11.5 Å². The standard InChI is InChI=1S/C26H31NO7/c1-5-13-33-20-11-8-10-19(15-20)14-18(3)24(29)23-21(28)16-22(34-25(23)30)17(2)9-6-7-12-27-26(31)32-4/h7-8,10-12,14-17,28H,5-6,9,13H2,1-4H3,(H,27,31)/b12-7+,18-14+. The largest absolute Gasteiger partial charge is 0.507 e. The van der Waals surface area contributed by atoms with E-state index in [0.717, 1.165) is 12.0 Å². The Bertz CT molecular complexity index is 1110. The molecule has 1 atom stereocenters. The highest BCUT2D eigenvalue weighted by atomic mass is 16.5. The van der Waals surface area contributed by atoms with Crippen molar-refractivity contribution < 1.29 is 28.6 Å². The average Bonchev–Trinajstić information content (AvgIpc) is 2.81. The van der Waals surface area contributed by atoms with E-state index in [1.165, 1.54) is 19.4 Å². The SMILES string of the molecule is CCCOc1cccc(/C=C(\C)C(=O)c2c(O)cc(C(C)CC/C=C/NC(=O)OC)oc2=O)c1. The number of Topliss-reactive ketones (excluding diaryl/α,β-unsaturated/α-hetero) is 1. The van der Waals surface area contributed by atoms with Crippen LogP contribution >= 0.6 is 0 Å². The number of methoxy groups -OCH3 is 1. The third kappa shape index (κ3) is 7.65. The first-order valence-electron chi connectivity index (χ1n) is 11.1. The lowest BCUT2D eigenvalue weighted by atomic mass is 9.99. The summed E-state index contributed by atoms with van der Waals surface area (Å²) in [5.41, 5.74) is -0.268. The molecule has 0 saturated carbocycles. The topological polar surface area (TPSA) is 115 Å². The fourth-order valence-electron chi connectivity index (χ4n) is 3.14. The Kier molecular flexibility index (Phi) is 10.1. The highest BCUT2D eigenvalue weighted by Gasteiger charge is 2.22. The molecule has 0 bridgehead atoms. The lowest BCUT2D eigenvalue weighted by Crippen LogP contribution is -2.17. The van der Waals surface area contributed by atoms with Crippen LogP contribution < -0.4 is 15.7 Å². The first-order chi connectivity index (χ1) is 16.3. The summed E-state index contributed by atoms with van der Waals surface area (Å²) >= 11 is 0. The van der Waals surface area contributed by atoms with Crippen LogP contribution in [0.4, 0.5) is 4.79 Å². The number of nitrogens with one attached hydrogen (secondary N) is 1. The van der Waals surface area contributed by atoms with E-state index in [9.17, 15) is 19.5 Å². The molecular weight excluding hydrogens is 438 g/mol. The van der Waals surface area contributed by atoms with Gasteiger partial charge < -0.3 is 19.0 Å². The molecule has 2 N–H and O–H groups in total. The zero-order valence-corrected chi connectivity index (χ0v) is 19.9. The van der Waals surface area contributed by atoms with E-state index < -0.39 is 28.8 Å². The van der Waals surface area contributed by atoms with Crippen LogP contribution in [0.2, 0.25) is 0 Å². The molecule has 2 rings (SSSR count). The lowest BCUT2D eigenvalue weighted by Gasteiger charge is -2.11. The second-order valence-electron chi connectivity index (χ2n) is 7.79. The van der Waals surface area contributed by atoms with Gasteiger partial charge in [0.2, 0.25) is 0 Å². The molecule has 1 amide bonds. The van der Waals surface area contributed by atoms with E-state index in [2.05, 4.69) is 10.1 Å². The first-order valence-corrected chi connectivity index (χ1v) is 11.1. The molecule has 1 heterocycles. The summed E-state index contributed by atoms with van der Waals surface area (Å²) in [6.45, 7) is 6.01. The molecule has 0 spiro atoms. The van der Waals surface area contributed by atoms with Crippen LogP contribution in [-0.4, -0.2) is 30.7 Å². The van der Waals surface area contributed by atoms with Crippen molar-refractivity contribution in [1.82, 2.24) is 5.32 Å². The summed E-state index contributed by atoms with van der Waals surface area (Å²) in [6, 6.07) is 8.57. The second-order valence-corrected chi connectivity index (χ2v) is 7.79. The highest BCUT2D eigenvalue weighted by Crippen LogP contribution is 2.26. The number of ketones is 1. The molecule has 182 valence electrons. The molecule has 1 aromatic carbocycles. The van der Waals surface area contributed by atoms with Crippen molar-refractivity contribution in [2.75, 3.05) is 13.7 Å². The number of allylic oxidation sites excluding steroid dienone is 2. The number of alkyl carbamates (subject to hydrolysis) is 1. The summed E-state index contributed by atoms with van der Waals surface area (Å²) in [4.78, 5) is 36.4. The first kappa shape index (κ1) is 26.4. The number of amides is 1. The van der Waals surface area contributed by atoms with E-state index >= 15 is 0 Å². The number of hydrogen-bond acceptors (Lipinski definition) is 7. The van der Waals surface area contributed by atoms with Gasteiger partial charge in [0.15, 0.2) is 5.78 Å². The maximum absolute atomic E-state index is 12.9. The maximum Gasteiger partial charge on any atom is 0.410 e. The number of benzene rings is 1. The number of carbonyl (C=O) groups excluding carboxylic acids is 2. The van der Waals surface area contributed by atoms with Crippen molar-refractivity contribution in [2.45, 2.75) is 46.0 Å². The average molecular weight is 470 g/mol. The Morgan fingerprint density at radius 3 is 2.71 bits per heavy atom. The van der Waals surface area contributed by atoms with Gasteiger partial charge >= 0.3 is 11.7 Å². The Balaban J connectivity index is 2.13. The quantitative estimate of drug-likeness (QED) is 0.344. The Morgan fingerprint density at radius 2 is 2.03 bits per heavy atom. The van der Waals surface area contributed by atoms with Gasteiger partial charge in [-0.1, -0.05) is 32.1 Å². The zero-order chi connectivity index (χ0) is 25.1. The Hall–Kier alpha value is -3.81. The second kappa shape index (κ2) is 13.0. The van der Waals surface area contributed by atoms with Crippen LogP contribution in [0.1, 0.15) is 67.6 Å². The minimum atomic E-state index is -0.887. The normalized spacial score (nSPS) is 12.4. The van der Waals surface area contributed by atoms with E-state index in [4.69, 9.17) is 9.15 Å². The van der Waals surface area contributed by atoms with E-state index in [-0.39, 0.29) is 17.3 Å².